The predicted molar refractivity (Wildman–Crippen MR) is 282 cm³/mol. The van der Waals surface area contributed by atoms with Crippen LogP contribution in [0, 0.1) is 27.7 Å². The minimum absolute atomic E-state index is 1.11. The molecule has 0 aliphatic heterocycles. The van der Waals surface area contributed by atoms with Crippen LogP contribution in [0.15, 0.2) is 243 Å². The molecule has 10 aromatic rings. The average molecular weight is 849 g/mol. The first-order valence-corrected chi connectivity index (χ1v) is 22.8. The molecule has 0 radical (unpaired) electrons. The zero-order chi connectivity index (χ0) is 45.0. The van der Waals surface area contributed by atoms with Crippen LogP contribution in [0.5, 0.6) is 0 Å². The molecule has 2 heteroatoms. The van der Waals surface area contributed by atoms with Gasteiger partial charge in [0.05, 0.1) is 11.4 Å². The van der Waals surface area contributed by atoms with Crippen molar-refractivity contribution in [1.82, 2.24) is 0 Å². The van der Waals surface area contributed by atoms with E-state index in [-0.39, 0.29) is 0 Å². The quantitative estimate of drug-likeness (QED) is 0.128. The highest BCUT2D eigenvalue weighted by atomic mass is 15.2. The van der Waals surface area contributed by atoms with E-state index in [1.165, 1.54) is 77.9 Å². The molecule has 0 spiro atoms. The Morgan fingerprint density at radius 2 is 0.485 bits per heavy atom. The Hall–Kier alpha value is -8.20. The maximum atomic E-state index is 2.43. The van der Waals surface area contributed by atoms with Crippen molar-refractivity contribution in [2.24, 2.45) is 0 Å². The molecule has 0 saturated carbocycles. The third-order valence-corrected chi connectivity index (χ3v) is 12.7. The van der Waals surface area contributed by atoms with Gasteiger partial charge in [-0.25, -0.2) is 0 Å². The largest absolute Gasteiger partial charge is 0.310 e. The summed E-state index contributed by atoms with van der Waals surface area (Å²) in [6, 6.07) is 87.7. The van der Waals surface area contributed by atoms with E-state index in [1.807, 2.05) is 0 Å². The number of anilines is 6. The zero-order valence-electron chi connectivity index (χ0n) is 38.0. The average Bonchev–Trinajstić information content (AvgIpc) is 3.36. The van der Waals surface area contributed by atoms with Crippen LogP contribution in [0.1, 0.15) is 22.3 Å². The molecule has 0 fully saturated rings. The molecule has 10 rings (SSSR count). The number of nitrogens with zero attached hydrogens (tertiary/aromatic N) is 2. The van der Waals surface area contributed by atoms with Crippen LogP contribution < -0.4 is 9.80 Å². The Labute approximate surface area is 390 Å². The molecule has 0 atom stereocenters. The Morgan fingerprint density at radius 1 is 0.227 bits per heavy atom. The first-order valence-electron chi connectivity index (χ1n) is 22.8. The summed E-state index contributed by atoms with van der Waals surface area (Å²) in [5.74, 6) is 0. The Morgan fingerprint density at radius 3 is 0.803 bits per heavy atom. The molecule has 0 aliphatic carbocycles. The van der Waals surface area contributed by atoms with Gasteiger partial charge in [-0.3, -0.25) is 0 Å². The Balaban J connectivity index is 1.08. The molecule has 0 unspecified atom stereocenters. The number of hydrogen-bond donors (Lipinski definition) is 0. The van der Waals surface area contributed by atoms with E-state index in [1.54, 1.807) is 0 Å². The van der Waals surface area contributed by atoms with Gasteiger partial charge in [-0.05, 0) is 155 Å². The van der Waals surface area contributed by atoms with E-state index in [4.69, 9.17) is 0 Å². The van der Waals surface area contributed by atoms with Crippen LogP contribution in [0.4, 0.5) is 34.1 Å². The Kier molecular flexibility index (Phi) is 11.7. The molecule has 0 amide bonds. The highest BCUT2D eigenvalue weighted by molar-refractivity contribution is 5.93. The zero-order valence-corrected chi connectivity index (χ0v) is 38.0. The lowest BCUT2D eigenvalue weighted by Crippen LogP contribution is -2.13. The molecular weight excluding hydrogens is 797 g/mol. The highest BCUT2D eigenvalue weighted by Crippen LogP contribution is 2.47. The predicted octanol–water partition coefficient (Wildman–Crippen LogP) is 18.2. The molecule has 2 nitrogen and oxygen atoms in total. The number of para-hydroxylation sites is 2. The minimum Gasteiger partial charge on any atom is -0.310 e. The third-order valence-electron chi connectivity index (χ3n) is 12.7. The van der Waals surface area contributed by atoms with Gasteiger partial charge in [0.25, 0.3) is 0 Å². The number of hydrogen-bond acceptors (Lipinski definition) is 2. The van der Waals surface area contributed by atoms with Gasteiger partial charge in [0.15, 0.2) is 0 Å². The summed E-state index contributed by atoms with van der Waals surface area (Å²) in [7, 11) is 0. The molecule has 0 aliphatic rings. The summed E-state index contributed by atoms with van der Waals surface area (Å²) >= 11 is 0. The first kappa shape index (κ1) is 41.8. The van der Waals surface area contributed by atoms with Gasteiger partial charge in [0.1, 0.15) is 0 Å². The van der Waals surface area contributed by atoms with Gasteiger partial charge in [-0.15, -0.1) is 0 Å². The molecule has 318 valence electrons. The van der Waals surface area contributed by atoms with Crippen molar-refractivity contribution < 1.29 is 0 Å². The van der Waals surface area contributed by atoms with E-state index in [0.717, 1.165) is 34.1 Å². The summed E-state index contributed by atoms with van der Waals surface area (Å²) in [6.45, 7) is 9.09. The van der Waals surface area contributed by atoms with E-state index in [9.17, 15) is 0 Å². The lowest BCUT2D eigenvalue weighted by atomic mass is 9.88. The van der Waals surface area contributed by atoms with Crippen LogP contribution in [-0.4, -0.2) is 0 Å². The van der Waals surface area contributed by atoms with Crippen LogP contribution >= 0.6 is 0 Å². The van der Waals surface area contributed by atoms with Crippen LogP contribution in [0.3, 0.4) is 0 Å². The van der Waals surface area contributed by atoms with Crippen molar-refractivity contribution in [3.63, 3.8) is 0 Å². The summed E-state index contributed by atoms with van der Waals surface area (Å²) in [5, 5.41) is 0. The normalized spacial score (nSPS) is 11.0. The maximum Gasteiger partial charge on any atom is 0.0540 e. The summed E-state index contributed by atoms with van der Waals surface area (Å²) in [4.78, 5) is 4.85. The SMILES string of the molecule is Cc1cc(N(c2ccc(-c3ccccc3)cc2)c2ccccc2-c2ccccc2)cc(C)c1-c1c(C)cc(N(c2ccc(-c3ccccc3)cc2)c2ccccc2-c2ccccc2)cc1C. The minimum atomic E-state index is 1.11. The van der Waals surface area contributed by atoms with Crippen molar-refractivity contribution in [3.8, 4) is 55.6 Å². The van der Waals surface area contributed by atoms with Crippen molar-refractivity contribution in [2.75, 3.05) is 9.80 Å². The molecule has 0 heterocycles. The fraction of sp³-hybridized carbons (Fsp3) is 0.0625. The topological polar surface area (TPSA) is 6.48 Å². The molecule has 0 saturated heterocycles. The van der Waals surface area contributed by atoms with E-state index in [0.29, 0.717) is 0 Å². The van der Waals surface area contributed by atoms with Crippen molar-refractivity contribution in [3.05, 3.63) is 265 Å². The van der Waals surface area contributed by atoms with Crippen molar-refractivity contribution in [2.45, 2.75) is 27.7 Å². The first-order chi connectivity index (χ1) is 32.4. The molecule has 66 heavy (non-hydrogen) atoms. The number of benzene rings is 10. The van der Waals surface area contributed by atoms with E-state index >= 15 is 0 Å². The summed E-state index contributed by atoms with van der Waals surface area (Å²) < 4.78 is 0. The highest BCUT2D eigenvalue weighted by Gasteiger charge is 2.23. The fourth-order valence-corrected chi connectivity index (χ4v) is 9.71. The van der Waals surface area contributed by atoms with Crippen LogP contribution in [-0.2, 0) is 0 Å². The number of aryl methyl sites for hydroxylation is 4. The van der Waals surface area contributed by atoms with Gasteiger partial charge < -0.3 is 9.80 Å². The Bertz CT molecular complexity index is 2980. The molecule has 10 aromatic carbocycles. The van der Waals surface area contributed by atoms with Gasteiger partial charge in [-0.1, -0.05) is 182 Å². The van der Waals surface area contributed by atoms with Crippen LogP contribution in [0.2, 0.25) is 0 Å². The van der Waals surface area contributed by atoms with Crippen molar-refractivity contribution >= 4 is 34.1 Å². The summed E-state index contributed by atoms with van der Waals surface area (Å²) in [6.07, 6.45) is 0. The van der Waals surface area contributed by atoms with Crippen molar-refractivity contribution in [1.29, 1.82) is 0 Å². The summed E-state index contributed by atoms with van der Waals surface area (Å²) in [5.41, 5.74) is 23.7. The second-order valence-electron chi connectivity index (χ2n) is 17.2. The smallest absolute Gasteiger partial charge is 0.0540 e. The van der Waals surface area contributed by atoms with Gasteiger partial charge >= 0.3 is 0 Å². The molecular formula is C64H52N2. The monoisotopic (exact) mass is 848 g/mol. The third kappa shape index (κ3) is 8.33. The second kappa shape index (κ2) is 18.5. The maximum absolute atomic E-state index is 2.43. The number of rotatable bonds is 11. The van der Waals surface area contributed by atoms with Gasteiger partial charge in [0.2, 0.25) is 0 Å². The van der Waals surface area contributed by atoms with Gasteiger partial charge in [-0.2, -0.15) is 0 Å². The van der Waals surface area contributed by atoms with Gasteiger partial charge in [0, 0.05) is 33.9 Å². The van der Waals surface area contributed by atoms with Crippen LogP contribution in [0.25, 0.3) is 55.6 Å². The molecule has 0 bridgehead atoms. The lowest BCUT2D eigenvalue weighted by molar-refractivity contribution is 1.23. The molecule has 0 N–H and O–H groups in total. The fourth-order valence-electron chi connectivity index (χ4n) is 9.71. The lowest BCUT2D eigenvalue weighted by Gasteiger charge is -2.31. The van der Waals surface area contributed by atoms with E-state index < -0.39 is 0 Å². The standard InChI is InChI=1S/C64H52N2/c1-45-41-57(65(55-37-33-51(34-38-55)49-21-9-5-10-22-49)61-31-19-17-29-59(61)53-25-13-7-14-26-53)42-46(2)63(45)64-47(3)43-58(44-48(64)4)66(56-39-35-52(36-40-56)50-23-11-6-12-24-50)62-32-20-18-30-60(62)54-27-15-8-16-28-54/h5-44H,1-4H3. The van der Waals surface area contributed by atoms with E-state index in [2.05, 4.69) is 280 Å². The molecule has 0 aromatic heterocycles. The second-order valence-corrected chi connectivity index (χ2v) is 17.2.